The topological polar surface area (TPSA) is 52.0 Å². The van der Waals surface area contributed by atoms with Crippen molar-refractivity contribution in [1.29, 1.82) is 0 Å². The van der Waals surface area contributed by atoms with Gasteiger partial charge in [0, 0.05) is 73.9 Å². The fraction of sp³-hybridized carbons (Fsp3) is 0.238. The van der Waals surface area contributed by atoms with Gasteiger partial charge in [0.05, 0.1) is 24.8 Å². The normalized spacial score (nSPS) is 14.0. The fourth-order valence-electron chi connectivity index (χ4n) is 3.80. The molecule has 4 aromatic heterocycles. The van der Waals surface area contributed by atoms with Crippen LogP contribution in [0.2, 0.25) is 0 Å². The molecule has 136 valence electrons. The summed E-state index contributed by atoms with van der Waals surface area (Å²) in [6, 6.07) is 8.26. The van der Waals surface area contributed by atoms with Crippen LogP contribution in [0, 0.1) is 0 Å². The van der Waals surface area contributed by atoms with Crippen molar-refractivity contribution >= 4 is 0 Å². The second-order valence-corrected chi connectivity index (χ2v) is 7.13. The number of nitrogens with zero attached hydrogens (tertiary/aromatic N) is 5. The highest BCUT2D eigenvalue weighted by atomic mass is 16.3. The summed E-state index contributed by atoms with van der Waals surface area (Å²) in [5.74, 6) is 0. The largest absolute Gasteiger partial charge is 0.472 e. The molecule has 0 amide bonds. The Labute approximate surface area is 157 Å². The molecule has 0 saturated heterocycles. The maximum Gasteiger partial charge on any atom is 0.0986 e. The van der Waals surface area contributed by atoms with Crippen molar-refractivity contribution in [3.63, 3.8) is 0 Å². The van der Waals surface area contributed by atoms with Gasteiger partial charge in [-0.1, -0.05) is 6.07 Å². The second-order valence-electron chi connectivity index (χ2n) is 7.13. The van der Waals surface area contributed by atoms with Crippen molar-refractivity contribution < 1.29 is 4.42 Å². The first-order chi connectivity index (χ1) is 13.3. The van der Waals surface area contributed by atoms with E-state index in [1.54, 1.807) is 12.5 Å². The van der Waals surface area contributed by atoms with Crippen molar-refractivity contribution in [3.8, 4) is 11.3 Å². The number of aromatic nitrogens is 4. The third kappa shape index (κ3) is 3.08. The van der Waals surface area contributed by atoms with Gasteiger partial charge in [-0.3, -0.25) is 14.6 Å². The van der Waals surface area contributed by atoms with Gasteiger partial charge in [-0.15, -0.1) is 0 Å². The molecule has 1 aliphatic heterocycles. The summed E-state index contributed by atoms with van der Waals surface area (Å²) in [4.78, 5) is 6.65. The van der Waals surface area contributed by atoms with E-state index in [1.807, 2.05) is 29.3 Å². The minimum absolute atomic E-state index is 0.727. The first-order valence-corrected chi connectivity index (χ1v) is 9.09. The summed E-state index contributed by atoms with van der Waals surface area (Å²) in [7, 11) is 2.10. The average molecular weight is 359 g/mol. The molecule has 0 fully saturated rings. The van der Waals surface area contributed by atoms with Crippen LogP contribution in [0.25, 0.3) is 11.3 Å². The summed E-state index contributed by atoms with van der Waals surface area (Å²) < 4.78 is 9.48. The van der Waals surface area contributed by atoms with Gasteiger partial charge in [-0.2, -0.15) is 5.10 Å². The lowest BCUT2D eigenvalue weighted by Crippen LogP contribution is -2.22. The van der Waals surface area contributed by atoms with Gasteiger partial charge >= 0.3 is 0 Å². The van der Waals surface area contributed by atoms with Crippen molar-refractivity contribution in [2.24, 2.45) is 7.05 Å². The lowest BCUT2D eigenvalue weighted by Gasteiger charge is -2.20. The van der Waals surface area contributed by atoms with Crippen LogP contribution < -0.4 is 0 Å². The van der Waals surface area contributed by atoms with Crippen molar-refractivity contribution in [1.82, 2.24) is 24.2 Å². The quantitative estimate of drug-likeness (QED) is 0.560. The number of hydrogen-bond acceptors (Lipinski definition) is 4. The van der Waals surface area contributed by atoms with E-state index in [1.165, 1.54) is 22.4 Å². The van der Waals surface area contributed by atoms with E-state index in [2.05, 4.69) is 46.0 Å². The Morgan fingerprint density at radius 1 is 1.11 bits per heavy atom. The Morgan fingerprint density at radius 2 is 2.07 bits per heavy atom. The monoisotopic (exact) mass is 359 g/mol. The Morgan fingerprint density at radius 3 is 2.89 bits per heavy atom. The highest BCUT2D eigenvalue weighted by Crippen LogP contribution is 2.32. The van der Waals surface area contributed by atoms with E-state index >= 15 is 0 Å². The molecule has 0 N–H and O–H groups in total. The average Bonchev–Trinajstić information content (AvgIpc) is 3.37. The molecule has 0 unspecified atom stereocenters. The summed E-state index contributed by atoms with van der Waals surface area (Å²) in [5, 5.41) is 4.92. The summed E-state index contributed by atoms with van der Waals surface area (Å²) in [6.45, 7) is 3.34. The molecular weight excluding hydrogens is 338 g/mol. The molecule has 4 aromatic rings. The molecule has 0 saturated carbocycles. The molecular formula is C21H21N5O. The lowest BCUT2D eigenvalue weighted by atomic mass is 10.1. The van der Waals surface area contributed by atoms with Crippen LogP contribution in [-0.4, -0.2) is 24.2 Å². The minimum atomic E-state index is 0.727. The third-order valence-corrected chi connectivity index (χ3v) is 5.12. The van der Waals surface area contributed by atoms with Crippen LogP contribution in [0.3, 0.4) is 0 Å². The molecule has 5 heterocycles. The molecule has 0 aliphatic carbocycles. The minimum Gasteiger partial charge on any atom is -0.472 e. The third-order valence-electron chi connectivity index (χ3n) is 5.12. The number of aryl methyl sites for hydroxylation is 1. The number of pyridine rings is 1. The van der Waals surface area contributed by atoms with Crippen molar-refractivity contribution in [2.75, 3.05) is 0 Å². The fourth-order valence-corrected chi connectivity index (χ4v) is 3.80. The van der Waals surface area contributed by atoms with E-state index in [0.29, 0.717) is 0 Å². The van der Waals surface area contributed by atoms with Crippen LogP contribution in [0.5, 0.6) is 0 Å². The maximum absolute atomic E-state index is 5.25. The Hall–Kier alpha value is -3.12. The van der Waals surface area contributed by atoms with Gasteiger partial charge in [0.25, 0.3) is 0 Å². The van der Waals surface area contributed by atoms with Crippen molar-refractivity contribution in [2.45, 2.75) is 26.2 Å². The first-order valence-electron chi connectivity index (χ1n) is 9.09. The predicted octanol–water partition coefficient (Wildman–Crippen LogP) is 3.44. The second kappa shape index (κ2) is 6.55. The smallest absolute Gasteiger partial charge is 0.0986 e. The molecule has 0 radical (unpaired) electrons. The van der Waals surface area contributed by atoms with E-state index in [9.17, 15) is 0 Å². The molecule has 5 rings (SSSR count). The van der Waals surface area contributed by atoms with E-state index < -0.39 is 0 Å². The molecule has 0 bridgehead atoms. The van der Waals surface area contributed by atoms with Crippen molar-refractivity contribution in [3.05, 3.63) is 84.0 Å². The number of furan rings is 1. The number of hydrogen-bond donors (Lipinski definition) is 0. The molecule has 6 heteroatoms. The predicted molar refractivity (Wildman–Crippen MR) is 102 cm³/mol. The zero-order chi connectivity index (χ0) is 18.2. The molecule has 0 spiro atoms. The van der Waals surface area contributed by atoms with Gasteiger partial charge in [0.15, 0.2) is 0 Å². The zero-order valence-corrected chi connectivity index (χ0v) is 15.2. The standard InChI is InChI=1S/C21H21N5O/c1-24-7-4-19-20(24)14-25(10-17-5-8-27-15-17)12-18-13-26(23-21(18)19)11-16-3-2-6-22-9-16/h2-9,13,15H,10-12,14H2,1H3. The Balaban J connectivity index is 1.51. The molecule has 0 aromatic carbocycles. The van der Waals surface area contributed by atoms with Crippen LogP contribution in [0.4, 0.5) is 0 Å². The van der Waals surface area contributed by atoms with Crippen LogP contribution in [0.15, 0.2) is 66.0 Å². The summed E-state index contributed by atoms with van der Waals surface area (Å²) in [6.07, 6.45) is 11.5. The van der Waals surface area contributed by atoms with Gasteiger partial charge in [0.1, 0.15) is 0 Å². The molecule has 27 heavy (non-hydrogen) atoms. The van der Waals surface area contributed by atoms with E-state index in [4.69, 9.17) is 9.52 Å². The van der Waals surface area contributed by atoms with Gasteiger partial charge in [0.2, 0.25) is 0 Å². The molecule has 0 atom stereocenters. The Kier molecular flexibility index (Phi) is 3.90. The van der Waals surface area contributed by atoms with E-state index in [0.717, 1.165) is 37.4 Å². The summed E-state index contributed by atoms with van der Waals surface area (Å²) >= 11 is 0. The molecule has 1 aliphatic rings. The summed E-state index contributed by atoms with van der Waals surface area (Å²) in [5.41, 5.74) is 7.21. The number of rotatable bonds is 4. The lowest BCUT2D eigenvalue weighted by molar-refractivity contribution is 0.244. The highest BCUT2D eigenvalue weighted by molar-refractivity contribution is 5.66. The van der Waals surface area contributed by atoms with Gasteiger partial charge in [-0.25, -0.2) is 0 Å². The van der Waals surface area contributed by atoms with Gasteiger partial charge < -0.3 is 8.98 Å². The van der Waals surface area contributed by atoms with Crippen LogP contribution in [-0.2, 0) is 33.2 Å². The molecule has 6 nitrogen and oxygen atoms in total. The highest BCUT2D eigenvalue weighted by Gasteiger charge is 2.24. The van der Waals surface area contributed by atoms with Gasteiger partial charge in [-0.05, 0) is 23.8 Å². The van der Waals surface area contributed by atoms with E-state index in [-0.39, 0.29) is 0 Å². The number of fused-ring (bicyclic) bond motifs is 3. The SMILES string of the molecule is Cn1ccc2c1CN(Cc1ccoc1)Cc1cn(Cc3cccnc3)nc1-2. The zero-order valence-electron chi connectivity index (χ0n) is 15.2. The maximum atomic E-state index is 5.25. The first kappa shape index (κ1) is 16.1. The van der Waals surface area contributed by atoms with Crippen LogP contribution >= 0.6 is 0 Å². The Bertz CT molecular complexity index is 1050. The van der Waals surface area contributed by atoms with Crippen LogP contribution in [0.1, 0.15) is 22.4 Å².